The van der Waals surface area contributed by atoms with E-state index in [9.17, 15) is 23.1 Å². The molecule has 0 radical (unpaired) electrons. The van der Waals surface area contributed by atoms with Crippen LogP contribution in [0.1, 0.15) is 18.4 Å². The molecule has 2 aromatic heterocycles. The first-order valence-electron chi connectivity index (χ1n) is 9.78. The van der Waals surface area contributed by atoms with E-state index in [1.807, 2.05) is 42.5 Å². The smallest absolute Gasteiger partial charge is 0.325 e. The van der Waals surface area contributed by atoms with Crippen LogP contribution in [0.25, 0.3) is 20.7 Å². The minimum Gasteiger partial charge on any atom is -0.480 e. The summed E-state index contributed by atoms with van der Waals surface area (Å²) in [5.74, 6) is -2.03. The molecule has 1 aliphatic rings. The maximum absolute atomic E-state index is 13.2. The molecule has 32 heavy (non-hydrogen) atoms. The number of rotatable bonds is 6. The van der Waals surface area contributed by atoms with Crippen LogP contribution in [0, 0.1) is 5.92 Å². The maximum Gasteiger partial charge on any atom is 0.325 e. The molecular formula is C22H18N2O5S3. The van der Waals surface area contributed by atoms with Crippen LogP contribution in [0.2, 0.25) is 0 Å². The number of sulfonamides is 1. The van der Waals surface area contributed by atoms with Crippen molar-refractivity contribution in [1.29, 1.82) is 0 Å². The Bertz CT molecular complexity index is 1500. The molecule has 2 heterocycles. The van der Waals surface area contributed by atoms with Crippen molar-refractivity contribution in [3.05, 3.63) is 75.9 Å². The molecule has 0 bridgehead atoms. The first kappa shape index (κ1) is 21.1. The van der Waals surface area contributed by atoms with E-state index in [4.69, 9.17) is 0 Å². The van der Waals surface area contributed by atoms with Gasteiger partial charge in [0.15, 0.2) is 0 Å². The summed E-state index contributed by atoms with van der Waals surface area (Å²) in [4.78, 5) is 27.0. The Morgan fingerprint density at radius 1 is 1.09 bits per heavy atom. The van der Waals surface area contributed by atoms with Gasteiger partial charge in [0.25, 0.3) is 10.0 Å². The van der Waals surface area contributed by atoms with Gasteiger partial charge in [-0.05, 0) is 41.3 Å². The molecule has 3 atom stereocenters. The standard InChI is InChI=1S/C22H18N2O5S3/c1-12-19(13-5-3-2-4-6-13)22(12,20(25)26)24-32(28,29)18-10-9-16(30-18)14-7-8-15-17(11-14)31-21(27)23-15/h2-12,19,24H,1H3,(H,23,27)(H,25,26)/t12?,19-,22-/m0/s1. The lowest BCUT2D eigenvalue weighted by molar-refractivity contribution is -0.140. The van der Waals surface area contributed by atoms with Crippen LogP contribution in [-0.4, -0.2) is 30.0 Å². The van der Waals surface area contributed by atoms with Crippen LogP contribution in [0.5, 0.6) is 0 Å². The first-order valence-corrected chi connectivity index (χ1v) is 12.9. The molecule has 7 nitrogen and oxygen atoms in total. The van der Waals surface area contributed by atoms with Crippen LogP contribution in [0.3, 0.4) is 0 Å². The number of carbonyl (C=O) groups is 1. The average molecular weight is 487 g/mol. The number of aromatic amines is 1. The zero-order valence-corrected chi connectivity index (χ0v) is 19.2. The van der Waals surface area contributed by atoms with Gasteiger partial charge >= 0.3 is 10.8 Å². The fraction of sp³-hybridized carbons (Fsp3) is 0.182. The number of hydrogen-bond acceptors (Lipinski definition) is 6. The summed E-state index contributed by atoms with van der Waals surface area (Å²) >= 11 is 2.15. The van der Waals surface area contributed by atoms with E-state index in [1.54, 1.807) is 19.1 Å². The van der Waals surface area contributed by atoms with E-state index in [0.717, 1.165) is 44.0 Å². The Hall–Kier alpha value is -2.79. The predicted molar refractivity (Wildman–Crippen MR) is 125 cm³/mol. The molecule has 1 saturated carbocycles. The van der Waals surface area contributed by atoms with Gasteiger partial charge in [0.2, 0.25) is 0 Å². The van der Waals surface area contributed by atoms with Crippen LogP contribution in [0.4, 0.5) is 0 Å². The Kier molecular flexibility index (Phi) is 4.86. The molecule has 4 aromatic rings. The van der Waals surface area contributed by atoms with Crippen molar-refractivity contribution in [1.82, 2.24) is 9.71 Å². The summed E-state index contributed by atoms with van der Waals surface area (Å²) in [7, 11) is -4.07. The van der Waals surface area contributed by atoms with Crippen molar-refractivity contribution in [3.8, 4) is 10.4 Å². The molecular weight excluding hydrogens is 468 g/mol. The molecule has 0 saturated heterocycles. The summed E-state index contributed by atoms with van der Waals surface area (Å²) in [6.45, 7) is 1.74. The quantitative estimate of drug-likeness (QED) is 0.383. The number of carboxylic acid groups (broad SMARTS) is 1. The van der Waals surface area contributed by atoms with E-state index in [2.05, 4.69) is 9.71 Å². The largest absolute Gasteiger partial charge is 0.480 e. The molecule has 1 unspecified atom stereocenters. The molecule has 1 aliphatic carbocycles. The maximum atomic E-state index is 13.2. The number of benzene rings is 2. The molecule has 5 rings (SSSR count). The molecule has 0 aliphatic heterocycles. The second kappa shape index (κ2) is 7.38. The Morgan fingerprint density at radius 2 is 1.84 bits per heavy atom. The number of fused-ring (bicyclic) bond motifs is 1. The molecule has 2 aromatic carbocycles. The first-order chi connectivity index (χ1) is 15.2. The SMILES string of the molecule is CC1[C@@H](c2ccccc2)[C@]1(NS(=O)(=O)c1ccc(-c2ccc3[nH]c(=O)sc3c2)s1)C(=O)O. The Labute approximate surface area is 191 Å². The highest BCUT2D eigenvalue weighted by atomic mass is 32.2. The van der Waals surface area contributed by atoms with Gasteiger partial charge in [-0.1, -0.05) is 54.7 Å². The highest BCUT2D eigenvalue weighted by Gasteiger charge is 2.70. The second-order valence-corrected chi connectivity index (χ2v) is 11.8. The van der Waals surface area contributed by atoms with Crippen molar-refractivity contribution in [2.24, 2.45) is 5.92 Å². The van der Waals surface area contributed by atoms with Crippen molar-refractivity contribution >= 4 is 48.9 Å². The third kappa shape index (κ3) is 3.30. The highest BCUT2D eigenvalue weighted by Crippen LogP contribution is 2.58. The number of nitrogens with one attached hydrogen (secondary N) is 2. The second-order valence-electron chi connectivity index (χ2n) is 7.80. The van der Waals surface area contributed by atoms with Crippen molar-refractivity contribution in [2.75, 3.05) is 0 Å². The molecule has 0 amide bonds. The van der Waals surface area contributed by atoms with Crippen molar-refractivity contribution in [3.63, 3.8) is 0 Å². The van der Waals surface area contributed by atoms with Crippen LogP contribution >= 0.6 is 22.7 Å². The summed E-state index contributed by atoms with van der Waals surface area (Å²) in [6, 6.07) is 17.7. The number of aromatic nitrogens is 1. The highest BCUT2D eigenvalue weighted by molar-refractivity contribution is 7.91. The number of aliphatic carboxylic acids is 1. The van der Waals surface area contributed by atoms with Crippen LogP contribution in [-0.2, 0) is 14.8 Å². The lowest BCUT2D eigenvalue weighted by atomic mass is 10.1. The predicted octanol–water partition coefficient (Wildman–Crippen LogP) is 3.85. The van der Waals surface area contributed by atoms with E-state index in [0.29, 0.717) is 4.88 Å². The van der Waals surface area contributed by atoms with E-state index < -0.39 is 33.4 Å². The average Bonchev–Trinajstić information content (AvgIpc) is 3.11. The van der Waals surface area contributed by atoms with Gasteiger partial charge in [-0.2, -0.15) is 4.72 Å². The normalized spacial score (nSPS) is 22.8. The van der Waals surface area contributed by atoms with Gasteiger partial charge in [0.05, 0.1) is 10.2 Å². The van der Waals surface area contributed by atoms with Crippen molar-refractivity contribution in [2.45, 2.75) is 22.6 Å². The van der Waals surface area contributed by atoms with E-state index >= 15 is 0 Å². The van der Waals surface area contributed by atoms with E-state index in [1.165, 1.54) is 6.07 Å². The van der Waals surface area contributed by atoms with Crippen LogP contribution < -0.4 is 9.60 Å². The van der Waals surface area contributed by atoms with Gasteiger partial charge < -0.3 is 10.1 Å². The third-order valence-corrected chi connectivity index (χ3v) is 9.92. The van der Waals surface area contributed by atoms with Crippen molar-refractivity contribution < 1.29 is 18.3 Å². The molecule has 0 spiro atoms. The zero-order chi connectivity index (χ0) is 22.7. The van der Waals surface area contributed by atoms with Gasteiger partial charge in [0.1, 0.15) is 9.75 Å². The summed E-state index contributed by atoms with van der Waals surface area (Å²) in [5, 5.41) is 9.95. The molecule has 3 N–H and O–H groups in total. The minimum absolute atomic E-state index is 0.0430. The minimum atomic E-state index is -4.07. The Morgan fingerprint density at radius 3 is 2.56 bits per heavy atom. The number of hydrogen-bond donors (Lipinski definition) is 3. The van der Waals surface area contributed by atoms with Crippen LogP contribution in [0.15, 0.2) is 69.7 Å². The third-order valence-electron chi connectivity index (χ3n) is 5.97. The van der Waals surface area contributed by atoms with Gasteiger partial charge in [-0.15, -0.1) is 11.3 Å². The lowest BCUT2D eigenvalue weighted by Gasteiger charge is -2.15. The number of thiophene rings is 1. The number of H-pyrrole nitrogens is 1. The number of thiazole rings is 1. The molecule has 10 heteroatoms. The molecule has 164 valence electrons. The molecule has 1 fully saturated rings. The Balaban J connectivity index is 1.46. The summed E-state index contributed by atoms with van der Waals surface area (Å²) in [6.07, 6.45) is 0. The summed E-state index contributed by atoms with van der Waals surface area (Å²) in [5.41, 5.74) is 0.721. The van der Waals surface area contributed by atoms with Gasteiger partial charge in [0, 0.05) is 10.8 Å². The van der Waals surface area contributed by atoms with Gasteiger partial charge in [-0.3, -0.25) is 9.59 Å². The zero-order valence-electron chi connectivity index (χ0n) is 16.7. The number of carboxylic acids is 1. The van der Waals surface area contributed by atoms with E-state index in [-0.39, 0.29) is 9.08 Å². The summed E-state index contributed by atoms with van der Waals surface area (Å²) < 4.78 is 29.7. The monoisotopic (exact) mass is 486 g/mol. The van der Waals surface area contributed by atoms with Gasteiger partial charge in [-0.25, -0.2) is 8.42 Å². The lowest BCUT2D eigenvalue weighted by Crippen LogP contribution is -2.45. The topological polar surface area (TPSA) is 116 Å². The fourth-order valence-electron chi connectivity index (χ4n) is 4.29. The fourth-order valence-corrected chi connectivity index (χ4v) is 7.83.